The van der Waals surface area contributed by atoms with E-state index in [-0.39, 0.29) is 5.54 Å². The Hall–Kier alpha value is -1.47. The van der Waals surface area contributed by atoms with Crippen LogP contribution in [-0.2, 0) is 18.1 Å². The summed E-state index contributed by atoms with van der Waals surface area (Å²) >= 11 is 0. The van der Waals surface area contributed by atoms with E-state index in [0.29, 0.717) is 0 Å². The second-order valence-corrected chi connectivity index (χ2v) is 7.67. The van der Waals surface area contributed by atoms with Gasteiger partial charge in [-0.1, -0.05) is 31.2 Å². The third kappa shape index (κ3) is 4.01. The van der Waals surface area contributed by atoms with Crippen LogP contribution < -0.4 is 5.73 Å². The van der Waals surface area contributed by atoms with E-state index in [2.05, 4.69) is 6.92 Å². The van der Waals surface area contributed by atoms with E-state index in [1.807, 2.05) is 24.3 Å². The molecule has 1 amide bonds. The molecule has 0 saturated carbocycles. The van der Waals surface area contributed by atoms with Crippen LogP contribution in [0.2, 0.25) is 0 Å². The minimum Gasteiger partial charge on any atom is -0.376 e. The number of rotatable bonds is 8. The summed E-state index contributed by atoms with van der Waals surface area (Å²) in [6.45, 7) is 2.05. The quantitative estimate of drug-likeness (QED) is 0.589. The zero-order valence-corrected chi connectivity index (χ0v) is 14.0. The molecule has 5 nitrogen and oxygen atoms in total. The van der Waals surface area contributed by atoms with E-state index in [9.17, 15) is 4.79 Å². The SMILES string of the molecule is CCC(c1ccccc1/C=C/C(N)=O)[Si](OC)(OC)OC. The first-order valence-corrected chi connectivity index (χ1v) is 8.56. The molecule has 0 aliphatic carbocycles. The van der Waals surface area contributed by atoms with Gasteiger partial charge in [0.25, 0.3) is 0 Å². The molecule has 0 heterocycles. The van der Waals surface area contributed by atoms with Crippen molar-refractivity contribution in [3.8, 4) is 0 Å². The van der Waals surface area contributed by atoms with Crippen LogP contribution in [0.4, 0.5) is 0 Å². The third-order valence-corrected chi connectivity index (χ3v) is 6.77. The molecule has 1 rings (SSSR count). The minimum absolute atomic E-state index is 0.0220. The number of primary amides is 1. The number of nitrogens with two attached hydrogens (primary N) is 1. The molecule has 0 aliphatic rings. The van der Waals surface area contributed by atoms with E-state index in [1.54, 1.807) is 27.4 Å². The predicted octanol–water partition coefficient (Wildman–Crippen LogP) is 2.10. The van der Waals surface area contributed by atoms with Gasteiger partial charge >= 0.3 is 8.80 Å². The molecule has 0 saturated heterocycles. The second kappa shape index (κ2) is 8.09. The maximum atomic E-state index is 11.0. The van der Waals surface area contributed by atoms with Crippen LogP contribution >= 0.6 is 0 Å². The molecule has 0 spiro atoms. The number of amides is 1. The van der Waals surface area contributed by atoms with Crippen molar-refractivity contribution in [1.82, 2.24) is 0 Å². The van der Waals surface area contributed by atoms with E-state index in [4.69, 9.17) is 19.0 Å². The van der Waals surface area contributed by atoms with Gasteiger partial charge in [-0.3, -0.25) is 4.79 Å². The summed E-state index contributed by atoms with van der Waals surface area (Å²) in [5.74, 6) is -0.480. The van der Waals surface area contributed by atoms with Crippen molar-refractivity contribution in [2.24, 2.45) is 5.73 Å². The molecule has 1 aromatic rings. The van der Waals surface area contributed by atoms with Crippen molar-refractivity contribution in [3.63, 3.8) is 0 Å². The fraction of sp³-hybridized carbons (Fsp3) is 0.400. The van der Waals surface area contributed by atoms with Crippen molar-refractivity contribution in [1.29, 1.82) is 0 Å². The first-order valence-electron chi connectivity index (χ1n) is 6.76. The highest BCUT2D eigenvalue weighted by molar-refractivity contribution is 6.62. The molecule has 1 aromatic carbocycles. The molecule has 0 aromatic heterocycles. The largest absolute Gasteiger partial charge is 0.508 e. The Morgan fingerprint density at radius 2 is 1.81 bits per heavy atom. The number of carbonyl (C=O) groups excluding carboxylic acids is 1. The predicted molar refractivity (Wildman–Crippen MR) is 84.5 cm³/mol. The molecule has 1 unspecified atom stereocenters. The van der Waals surface area contributed by atoms with E-state index >= 15 is 0 Å². The van der Waals surface area contributed by atoms with E-state index in [0.717, 1.165) is 17.5 Å². The van der Waals surface area contributed by atoms with Crippen LogP contribution in [0.1, 0.15) is 30.0 Å². The summed E-state index contributed by atoms with van der Waals surface area (Å²) in [6.07, 6.45) is 3.85. The molecule has 6 heteroatoms. The highest BCUT2D eigenvalue weighted by atomic mass is 28.4. The monoisotopic (exact) mass is 309 g/mol. The summed E-state index contributed by atoms with van der Waals surface area (Å²) in [5.41, 5.74) is 7.08. The Balaban J connectivity index is 3.31. The Morgan fingerprint density at radius 1 is 1.24 bits per heavy atom. The molecule has 0 fully saturated rings. The van der Waals surface area contributed by atoms with Gasteiger partial charge in [0, 0.05) is 27.4 Å². The topological polar surface area (TPSA) is 70.8 Å². The van der Waals surface area contributed by atoms with Gasteiger partial charge in [-0.2, -0.15) is 0 Å². The van der Waals surface area contributed by atoms with Gasteiger partial charge in [-0.25, -0.2) is 0 Å². The molecule has 0 radical (unpaired) electrons. The van der Waals surface area contributed by atoms with E-state index < -0.39 is 14.7 Å². The normalized spacial score (nSPS) is 13.5. The van der Waals surface area contributed by atoms with Crippen molar-refractivity contribution >= 4 is 20.8 Å². The summed E-state index contributed by atoms with van der Waals surface area (Å²) in [5, 5.41) is 0. The van der Waals surface area contributed by atoms with Crippen LogP contribution in [0.3, 0.4) is 0 Å². The van der Waals surface area contributed by atoms with Crippen LogP contribution in [0, 0.1) is 0 Å². The number of carbonyl (C=O) groups is 1. The minimum atomic E-state index is -2.83. The molecular weight excluding hydrogens is 286 g/mol. The maximum Gasteiger partial charge on any atom is 0.508 e. The molecular formula is C15H23NO4Si. The van der Waals surface area contributed by atoms with Crippen LogP contribution in [0.15, 0.2) is 30.3 Å². The van der Waals surface area contributed by atoms with Gasteiger partial charge in [0.1, 0.15) is 0 Å². The van der Waals surface area contributed by atoms with Gasteiger partial charge in [-0.15, -0.1) is 0 Å². The van der Waals surface area contributed by atoms with Crippen molar-refractivity contribution in [3.05, 3.63) is 41.5 Å². The van der Waals surface area contributed by atoms with Crippen molar-refractivity contribution in [2.45, 2.75) is 18.9 Å². The average Bonchev–Trinajstić information content (AvgIpc) is 2.51. The lowest BCUT2D eigenvalue weighted by molar-refractivity contribution is -0.113. The second-order valence-electron chi connectivity index (χ2n) is 4.54. The van der Waals surface area contributed by atoms with Gasteiger partial charge in [0.15, 0.2) is 0 Å². The molecule has 2 N–H and O–H groups in total. The standard InChI is InChI=1S/C15H23NO4Si/c1-5-14(21(18-2,19-3)20-4)13-9-7-6-8-12(13)10-11-15(16)17/h6-11,14H,5H2,1-4H3,(H2,16,17)/b11-10+. The molecule has 116 valence electrons. The highest BCUT2D eigenvalue weighted by Gasteiger charge is 2.47. The number of benzene rings is 1. The van der Waals surface area contributed by atoms with Crippen LogP contribution in [-0.4, -0.2) is 36.0 Å². The zero-order valence-electron chi connectivity index (χ0n) is 13.0. The first kappa shape index (κ1) is 17.6. The average molecular weight is 309 g/mol. The summed E-state index contributed by atoms with van der Waals surface area (Å²) in [4.78, 5) is 11.0. The van der Waals surface area contributed by atoms with Gasteiger partial charge < -0.3 is 19.0 Å². The fourth-order valence-electron chi connectivity index (χ4n) is 2.49. The smallest absolute Gasteiger partial charge is 0.376 e. The van der Waals surface area contributed by atoms with E-state index in [1.165, 1.54) is 6.08 Å². The van der Waals surface area contributed by atoms with Crippen LogP contribution in [0.25, 0.3) is 6.08 Å². The molecule has 0 bridgehead atoms. The van der Waals surface area contributed by atoms with Gasteiger partial charge in [0.05, 0.1) is 5.54 Å². The lowest BCUT2D eigenvalue weighted by atomic mass is 10.0. The number of hydrogen-bond donors (Lipinski definition) is 1. The zero-order chi connectivity index (χ0) is 15.9. The molecule has 0 aliphatic heterocycles. The maximum absolute atomic E-state index is 11.0. The summed E-state index contributed by atoms with van der Waals surface area (Å²) in [7, 11) is 1.98. The molecule has 21 heavy (non-hydrogen) atoms. The lowest BCUT2D eigenvalue weighted by Gasteiger charge is -2.32. The Bertz CT molecular complexity index is 492. The molecule has 1 atom stereocenters. The Kier molecular flexibility index (Phi) is 6.77. The Labute approximate surface area is 127 Å². The Morgan fingerprint density at radius 3 is 2.29 bits per heavy atom. The van der Waals surface area contributed by atoms with Crippen molar-refractivity contribution in [2.75, 3.05) is 21.3 Å². The third-order valence-electron chi connectivity index (χ3n) is 3.49. The lowest BCUT2D eigenvalue weighted by Crippen LogP contribution is -2.49. The van der Waals surface area contributed by atoms with Gasteiger partial charge in [0.2, 0.25) is 5.91 Å². The number of hydrogen-bond acceptors (Lipinski definition) is 4. The fourth-order valence-corrected chi connectivity index (χ4v) is 4.99. The highest BCUT2D eigenvalue weighted by Crippen LogP contribution is 2.34. The first-order chi connectivity index (χ1) is 10.0. The van der Waals surface area contributed by atoms with Crippen molar-refractivity contribution < 1.29 is 18.1 Å². The van der Waals surface area contributed by atoms with Gasteiger partial charge in [-0.05, 0) is 23.6 Å². The summed E-state index contributed by atoms with van der Waals surface area (Å²) in [6, 6.07) is 7.78. The van der Waals surface area contributed by atoms with Crippen LogP contribution in [0.5, 0.6) is 0 Å². The summed E-state index contributed by atoms with van der Waals surface area (Å²) < 4.78 is 16.8.